The number of thiophene rings is 1. The van der Waals surface area contributed by atoms with Gasteiger partial charge in [0.25, 0.3) is 0 Å². The molecule has 0 aliphatic heterocycles. The number of aryl methyl sites for hydroxylation is 1. The molecule has 0 aromatic carbocycles. The van der Waals surface area contributed by atoms with E-state index in [4.69, 9.17) is 4.98 Å². The predicted molar refractivity (Wildman–Crippen MR) is 116 cm³/mol. The Morgan fingerprint density at radius 2 is 2.28 bits per heavy atom. The van der Waals surface area contributed by atoms with Gasteiger partial charge in [-0.25, -0.2) is 14.6 Å². The fourth-order valence-corrected chi connectivity index (χ4v) is 3.89. The predicted octanol–water partition coefficient (Wildman–Crippen LogP) is 4.64. The van der Waals surface area contributed by atoms with Gasteiger partial charge in [-0.3, -0.25) is 0 Å². The Hall–Kier alpha value is -2.95. The molecule has 0 atom stereocenters. The van der Waals surface area contributed by atoms with Crippen molar-refractivity contribution in [1.29, 1.82) is 0 Å². The van der Waals surface area contributed by atoms with Crippen molar-refractivity contribution in [3.63, 3.8) is 0 Å². The van der Waals surface area contributed by atoms with Crippen molar-refractivity contribution in [2.75, 3.05) is 0 Å². The van der Waals surface area contributed by atoms with E-state index in [-0.39, 0.29) is 0 Å². The molecule has 3 rings (SSSR count). The maximum atomic E-state index is 11.7. The quantitative estimate of drug-likeness (QED) is 0.485. The molecule has 0 unspecified atom stereocenters. The van der Waals surface area contributed by atoms with Gasteiger partial charge in [0.1, 0.15) is 11.8 Å². The summed E-state index contributed by atoms with van der Waals surface area (Å²) in [5, 5.41) is 11.6. The number of aliphatic carboxylic acids is 1. The second-order valence-corrected chi connectivity index (χ2v) is 8.02. The third-order valence-corrected chi connectivity index (χ3v) is 5.62. The molecule has 150 valence electrons. The number of hydrogen-bond donors (Lipinski definition) is 1. The first-order chi connectivity index (χ1) is 14.1. The standard InChI is InChI=1S/C23H24N2O3S/c1-2-3-6-22-24-20(12-19(23(27)28)13-21-5-4-11-29-21)15-25(22)14-17-7-9-18(16-26)10-8-17/h4-5,7-9,11-12,15H,2-3,6,10,13-14H2,1H3,(H,27,28). The van der Waals surface area contributed by atoms with Crippen LogP contribution in [-0.2, 0) is 29.0 Å². The number of aromatic nitrogens is 2. The highest BCUT2D eigenvalue weighted by Crippen LogP contribution is 2.20. The third kappa shape index (κ3) is 5.76. The Morgan fingerprint density at radius 3 is 2.90 bits per heavy atom. The van der Waals surface area contributed by atoms with E-state index in [2.05, 4.69) is 11.5 Å². The molecule has 0 spiro atoms. The number of carbonyl (C=O) groups excluding carboxylic acids is 1. The number of imidazole rings is 1. The average molecular weight is 409 g/mol. The molecule has 1 N–H and O–H groups in total. The van der Waals surface area contributed by atoms with Gasteiger partial charge in [-0.1, -0.05) is 31.6 Å². The van der Waals surface area contributed by atoms with E-state index >= 15 is 0 Å². The molecule has 0 saturated carbocycles. The summed E-state index contributed by atoms with van der Waals surface area (Å²) in [5.41, 5.74) is 2.75. The van der Waals surface area contributed by atoms with Gasteiger partial charge in [-0.05, 0) is 35.6 Å². The van der Waals surface area contributed by atoms with Gasteiger partial charge < -0.3 is 9.67 Å². The monoisotopic (exact) mass is 408 g/mol. The summed E-state index contributed by atoms with van der Waals surface area (Å²) in [6.07, 6.45) is 13.3. The van der Waals surface area contributed by atoms with Crippen LogP contribution in [0.2, 0.25) is 0 Å². The number of carbonyl (C=O) groups is 1. The summed E-state index contributed by atoms with van der Waals surface area (Å²) in [6.45, 7) is 2.78. The zero-order valence-corrected chi connectivity index (χ0v) is 17.2. The van der Waals surface area contributed by atoms with Gasteiger partial charge in [-0.2, -0.15) is 0 Å². The van der Waals surface area contributed by atoms with Crippen LogP contribution in [0, 0.1) is 0 Å². The Kier molecular flexibility index (Phi) is 7.17. The van der Waals surface area contributed by atoms with Gasteiger partial charge in [-0.15, -0.1) is 11.3 Å². The molecule has 0 fully saturated rings. The fraction of sp³-hybridized carbons (Fsp3) is 0.304. The molecule has 1 aliphatic rings. The van der Waals surface area contributed by atoms with Crippen molar-refractivity contribution in [3.8, 4) is 0 Å². The first-order valence-electron chi connectivity index (χ1n) is 9.72. The Bertz CT molecular complexity index is 1000. The molecule has 0 radical (unpaired) electrons. The van der Waals surface area contributed by atoms with E-state index in [0.717, 1.165) is 35.5 Å². The number of allylic oxidation sites excluding steroid dienone is 5. The molecular formula is C23H24N2O3S. The SMILES string of the molecule is CCCCc1nc(C=C(Cc2cccs2)C(=O)O)cn1CC1=CCC(=C=O)C=C1. The van der Waals surface area contributed by atoms with Crippen LogP contribution in [0.3, 0.4) is 0 Å². The van der Waals surface area contributed by atoms with Gasteiger partial charge in [0.15, 0.2) is 0 Å². The molecule has 2 aromatic rings. The molecule has 5 nitrogen and oxygen atoms in total. The first kappa shape index (κ1) is 20.8. The summed E-state index contributed by atoms with van der Waals surface area (Å²) in [5.74, 6) is 1.96. The topological polar surface area (TPSA) is 72.2 Å². The van der Waals surface area contributed by atoms with Crippen molar-refractivity contribution in [1.82, 2.24) is 9.55 Å². The van der Waals surface area contributed by atoms with E-state index < -0.39 is 5.97 Å². The highest BCUT2D eigenvalue weighted by atomic mass is 32.1. The lowest BCUT2D eigenvalue weighted by Crippen LogP contribution is -2.06. The van der Waals surface area contributed by atoms with Crippen LogP contribution in [0.4, 0.5) is 0 Å². The van der Waals surface area contributed by atoms with E-state index in [9.17, 15) is 14.7 Å². The van der Waals surface area contributed by atoms with Crippen LogP contribution in [0.15, 0.2) is 58.7 Å². The van der Waals surface area contributed by atoms with Crippen LogP contribution in [-0.4, -0.2) is 26.6 Å². The average Bonchev–Trinajstić information content (AvgIpc) is 3.36. The molecular weight excluding hydrogens is 384 g/mol. The van der Waals surface area contributed by atoms with E-state index in [1.807, 2.05) is 41.8 Å². The van der Waals surface area contributed by atoms with Crippen LogP contribution < -0.4 is 0 Å². The minimum atomic E-state index is -0.922. The Morgan fingerprint density at radius 1 is 1.41 bits per heavy atom. The van der Waals surface area contributed by atoms with Crippen molar-refractivity contribution in [2.45, 2.75) is 45.6 Å². The number of carboxylic acids is 1. The maximum Gasteiger partial charge on any atom is 0.332 e. The van der Waals surface area contributed by atoms with Crippen LogP contribution >= 0.6 is 11.3 Å². The molecule has 2 heterocycles. The smallest absolute Gasteiger partial charge is 0.332 e. The lowest BCUT2D eigenvalue weighted by Gasteiger charge is -2.11. The molecule has 2 aromatic heterocycles. The minimum absolute atomic E-state index is 0.330. The fourth-order valence-electron chi connectivity index (χ4n) is 3.16. The summed E-state index contributed by atoms with van der Waals surface area (Å²) >= 11 is 1.55. The van der Waals surface area contributed by atoms with Crippen molar-refractivity contribution in [3.05, 3.63) is 75.1 Å². The van der Waals surface area contributed by atoms with Gasteiger partial charge in [0.2, 0.25) is 0 Å². The maximum absolute atomic E-state index is 11.7. The molecule has 0 bridgehead atoms. The van der Waals surface area contributed by atoms with Crippen molar-refractivity contribution in [2.24, 2.45) is 0 Å². The van der Waals surface area contributed by atoms with Gasteiger partial charge in [0.05, 0.1) is 5.69 Å². The van der Waals surface area contributed by atoms with Gasteiger partial charge in [0, 0.05) is 48.0 Å². The van der Waals surface area contributed by atoms with E-state index in [1.165, 1.54) is 0 Å². The number of carboxylic acid groups (broad SMARTS) is 1. The number of nitrogens with zero attached hydrogens (tertiary/aromatic N) is 2. The largest absolute Gasteiger partial charge is 0.478 e. The normalized spacial score (nSPS) is 14.0. The zero-order valence-electron chi connectivity index (χ0n) is 16.4. The van der Waals surface area contributed by atoms with Crippen LogP contribution in [0.1, 0.15) is 42.6 Å². The lowest BCUT2D eigenvalue weighted by molar-refractivity contribution is -0.132. The first-order valence-corrected chi connectivity index (χ1v) is 10.6. The molecule has 0 amide bonds. The number of hydrogen-bond acceptors (Lipinski definition) is 4. The second-order valence-electron chi connectivity index (χ2n) is 6.99. The van der Waals surface area contributed by atoms with Crippen LogP contribution in [0.5, 0.6) is 0 Å². The van der Waals surface area contributed by atoms with E-state index in [1.54, 1.807) is 23.5 Å². The second kappa shape index (κ2) is 10.0. The summed E-state index contributed by atoms with van der Waals surface area (Å²) in [4.78, 5) is 28.2. The highest BCUT2D eigenvalue weighted by molar-refractivity contribution is 7.09. The molecule has 29 heavy (non-hydrogen) atoms. The minimum Gasteiger partial charge on any atom is -0.478 e. The number of unbranched alkanes of at least 4 members (excludes halogenated alkanes) is 1. The molecule has 6 heteroatoms. The Labute approximate surface area is 174 Å². The van der Waals surface area contributed by atoms with Crippen molar-refractivity contribution < 1.29 is 14.7 Å². The number of rotatable bonds is 9. The van der Waals surface area contributed by atoms with Crippen LogP contribution in [0.25, 0.3) is 6.08 Å². The highest BCUT2D eigenvalue weighted by Gasteiger charge is 2.13. The lowest BCUT2D eigenvalue weighted by atomic mass is 10.0. The molecule has 0 saturated heterocycles. The molecule has 1 aliphatic carbocycles. The van der Waals surface area contributed by atoms with Crippen molar-refractivity contribution >= 4 is 29.3 Å². The summed E-state index contributed by atoms with van der Waals surface area (Å²) < 4.78 is 2.08. The summed E-state index contributed by atoms with van der Waals surface area (Å²) in [7, 11) is 0. The van der Waals surface area contributed by atoms with Gasteiger partial charge >= 0.3 is 5.97 Å². The Balaban J connectivity index is 1.85. The summed E-state index contributed by atoms with van der Waals surface area (Å²) in [6, 6.07) is 3.87. The van der Waals surface area contributed by atoms with E-state index in [0.29, 0.717) is 36.2 Å². The third-order valence-electron chi connectivity index (χ3n) is 4.74. The zero-order chi connectivity index (χ0) is 20.6.